The van der Waals surface area contributed by atoms with Gasteiger partial charge in [-0.25, -0.2) is 0 Å². The minimum absolute atomic E-state index is 0.0278. The molecule has 2 aromatic rings. The van der Waals surface area contributed by atoms with Gasteiger partial charge in [0.2, 0.25) is 5.91 Å². The molecule has 1 N–H and O–H groups in total. The Morgan fingerprint density at radius 2 is 1.93 bits per heavy atom. The maximum Gasteiger partial charge on any atom is 0.311 e. The van der Waals surface area contributed by atoms with Crippen molar-refractivity contribution < 1.29 is 19.1 Å². The van der Waals surface area contributed by atoms with Crippen LogP contribution in [-0.2, 0) is 19.1 Å². The lowest BCUT2D eigenvalue weighted by atomic mass is 10.1. The number of esters is 1. The van der Waals surface area contributed by atoms with Crippen LogP contribution in [0.2, 0.25) is 10.0 Å². The van der Waals surface area contributed by atoms with Crippen LogP contribution in [0.3, 0.4) is 0 Å². The van der Waals surface area contributed by atoms with E-state index in [0.29, 0.717) is 21.4 Å². The Morgan fingerprint density at radius 1 is 1.17 bits per heavy atom. The van der Waals surface area contributed by atoms with Gasteiger partial charge in [-0.3, -0.25) is 14.4 Å². The summed E-state index contributed by atoms with van der Waals surface area (Å²) in [6, 6.07) is 10.4. The molecule has 1 aliphatic rings. The first-order valence-electron chi connectivity index (χ1n) is 9.04. The molecule has 152 valence electrons. The summed E-state index contributed by atoms with van der Waals surface area (Å²) in [5.41, 5.74) is 2.85. The van der Waals surface area contributed by atoms with Gasteiger partial charge in [0.05, 0.1) is 5.92 Å². The van der Waals surface area contributed by atoms with Crippen LogP contribution in [0.1, 0.15) is 17.5 Å². The summed E-state index contributed by atoms with van der Waals surface area (Å²) in [6.07, 6.45) is 0.0278. The fraction of sp³-hybridized carbons (Fsp3) is 0.286. The molecule has 0 bridgehead atoms. The van der Waals surface area contributed by atoms with E-state index in [2.05, 4.69) is 5.32 Å². The van der Waals surface area contributed by atoms with Gasteiger partial charge in [0.1, 0.15) is 0 Å². The van der Waals surface area contributed by atoms with E-state index in [1.165, 1.54) is 4.90 Å². The van der Waals surface area contributed by atoms with Gasteiger partial charge < -0.3 is 15.0 Å². The van der Waals surface area contributed by atoms with Crippen molar-refractivity contribution in [3.8, 4) is 0 Å². The van der Waals surface area contributed by atoms with Crippen LogP contribution >= 0.6 is 23.2 Å². The molecule has 29 heavy (non-hydrogen) atoms. The number of carbonyl (C=O) groups excluding carboxylic acids is 3. The van der Waals surface area contributed by atoms with Crippen molar-refractivity contribution in [2.24, 2.45) is 5.92 Å². The SMILES string of the molecule is Cc1ccc(NC(=O)COC(=O)[C@@H]2CC(=O)N(c3cccc(Cl)c3C)C2)cc1Cl. The molecule has 2 aromatic carbocycles. The average Bonchev–Trinajstić information content (AvgIpc) is 3.06. The number of halogens is 2. The second kappa shape index (κ2) is 8.84. The Hall–Kier alpha value is -2.57. The Labute approximate surface area is 178 Å². The average molecular weight is 435 g/mol. The molecular weight excluding hydrogens is 415 g/mol. The molecule has 0 spiro atoms. The zero-order valence-electron chi connectivity index (χ0n) is 16.0. The van der Waals surface area contributed by atoms with Crippen molar-refractivity contribution >= 4 is 52.4 Å². The van der Waals surface area contributed by atoms with E-state index in [1.54, 1.807) is 36.4 Å². The van der Waals surface area contributed by atoms with E-state index in [-0.39, 0.29) is 18.9 Å². The number of hydrogen-bond acceptors (Lipinski definition) is 4. The lowest BCUT2D eigenvalue weighted by Crippen LogP contribution is -2.28. The van der Waals surface area contributed by atoms with Crippen LogP contribution in [0.4, 0.5) is 11.4 Å². The van der Waals surface area contributed by atoms with Gasteiger partial charge in [-0.05, 0) is 49.2 Å². The van der Waals surface area contributed by atoms with Crippen molar-refractivity contribution in [3.05, 3.63) is 57.6 Å². The van der Waals surface area contributed by atoms with E-state index in [0.717, 1.165) is 11.1 Å². The molecule has 8 heteroatoms. The van der Waals surface area contributed by atoms with Crippen LogP contribution in [0, 0.1) is 19.8 Å². The van der Waals surface area contributed by atoms with Crippen molar-refractivity contribution in [1.29, 1.82) is 0 Å². The van der Waals surface area contributed by atoms with Gasteiger partial charge in [-0.1, -0.05) is 35.3 Å². The lowest BCUT2D eigenvalue weighted by molar-refractivity contribution is -0.151. The first-order chi connectivity index (χ1) is 13.8. The number of nitrogens with zero attached hydrogens (tertiary/aromatic N) is 1. The van der Waals surface area contributed by atoms with Crippen molar-refractivity contribution in [3.63, 3.8) is 0 Å². The third kappa shape index (κ3) is 4.89. The molecule has 0 aliphatic carbocycles. The second-order valence-electron chi connectivity index (χ2n) is 6.91. The number of benzene rings is 2. The predicted molar refractivity (Wildman–Crippen MR) is 112 cm³/mol. The largest absolute Gasteiger partial charge is 0.455 e. The summed E-state index contributed by atoms with van der Waals surface area (Å²) in [4.78, 5) is 38.3. The molecule has 0 unspecified atom stereocenters. The van der Waals surface area contributed by atoms with E-state index >= 15 is 0 Å². The van der Waals surface area contributed by atoms with Crippen molar-refractivity contribution in [1.82, 2.24) is 0 Å². The van der Waals surface area contributed by atoms with Crippen molar-refractivity contribution in [2.75, 3.05) is 23.4 Å². The van der Waals surface area contributed by atoms with Crippen molar-refractivity contribution in [2.45, 2.75) is 20.3 Å². The summed E-state index contributed by atoms with van der Waals surface area (Å²) in [5, 5.41) is 3.70. The quantitative estimate of drug-likeness (QED) is 0.717. The Balaban J connectivity index is 1.56. The third-order valence-corrected chi connectivity index (χ3v) is 5.61. The standard InChI is InChI=1S/C21H20Cl2N2O4/c1-12-6-7-15(9-17(12)23)24-19(26)11-29-21(28)14-8-20(27)25(10-14)18-5-3-4-16(22)13(18)2/h3-7,9,14H,8,10-11H2,1-2H3,(H,24,26)/t14-/m1/s1. The molecule has 0 aromatic heterocycles. The number of hydrogen-bond donors (Lipinski definition) is 1. The van der Waals surface area contributed by atoms with E-state index in [9.17, 15) is 14.4 Å². The predicted octanol–water partition coefficient (Wildman–Crippen LogP) is 4.15. The van der Waals surface area contributed by atoms with Gasteiger partial charge in [0.25, 0.3) is 5.91 Å². The highest BCUT2D eigenvalue weighted by molar-refractivity contribution is 6.32. The zero-order chi connectivity index (χ0) is 21.1. The number of ether oxygens (including phenoxy) is 1. The molecule has 1 atom stereocenters. The Bertz CT molecular complexity index is 977. The molecule has 1 fully saturated rings. The van der Waals surface area contributed by atoms with E-state index < -0.39 is 24.4 Å². The summed E-state index contributed by atoms with van der Waals surface area (Å²) in [5.74, 6) is -1.89. The Kier molecular flexibility index (Phi) is 6.45. The second-order valence-corrected chi connectivity index (χ2v) is 7.72. The van der Waals surface area contributed by atoms with Gasteiger partial charge in [0, 0.05) is 34.4 Å². The first-order valence-corrected chi connectivity index (χ1v) is 9.80. The van der Waals surface area contributed by atoms with Gasteiger partial charge >= 0.3 is 5.97 Å². The summed E-state index contributed by atoms with van der Waals surface area (Å²) in [6.45, 7) is 3.42. The zero-order valence-corrected chi connectivity index (χ0v) is 17.5. The fourth-order valence-corrected chi connectivity index (χ4v) is 3.46. The normalized spacial score (nSPS) is 16.1. The number of aryl methyl sites for hydroxylation is 1. The highest BCUT2D eigenvalue weighted by atomic mass is 35.5. The van der Waals surface area contributed by atoms with Crippen LogP contribution in [0.5, 0.6) is 0 Å². The maximum absolute atomic E-state index is 12.4. The maximum atomic E-state index is 12.4. The smallest absolute Gasteiger partial charge is 0.311 e. The molecular formula is C21H20Cl2N2O4. The third-order valence-electron chi connectivity index (χ3n) is 4.79. The first kappa shape index (κ1) is 21.1. The molecule has 0 radical (unpaired) electrons. The topological polar surface area (TPSA) is 75.7 Å². The minimum atomic E-state index is -0.637. The number of amides is 2. The van der Waals surface area contributed by atoms with Gasteiger partial charge in [0.15, 0.2) is 6.61 Å². The molecule has 1 aliphatic heterocycles. The number of carbonyl (C=O) groups is 3. The molecule has 1 heterocycles. The lowest BCUT2D eigenvalue weighted by Gasteiger charge is -2.19. The van der Waals surface area contributed by atoms with Gasteiger partial charge in [-0.2, -0.15) is 0 Å². The molecule has 6 nitrogen and oxygen atoms in total. The highest BCUT2D eigenvalue weighted by Crippen LogP contribution is 2.31. The number of anilines is 2. The van der Waals surface area contributed by atoms with Gasteiger partial charge in [-0.15, -0.1) is 0 Å². The molecule has 3 rings (SSSR count). The monoisotopic (exact) mass is 434 g/mol. The van der Waals surface area contributed by atoms with E-state index in [1.807, 2.05) is 13.8 Å². The van der Waals surface area contributed by atoms with Crippen LogP contribution < -0.4 is 10.2 Å². The molecule has 2 amide bonds. The number of nitrogens with one attached hydrogen (secondary N) is 1. The summed E-state index contributed by atoms with van der Waals surface area (Å²) >= 11 is 12.2. The Morgan fingerprint density at radius 3 is 2.66 bits per heavy atom. The van der Waals surface area contributed by atoms with Crippen LogP contribution in [0.25, 0.3) is 0 Å². The highest BCUT2D eigenvalue weighted by Gasteiger charge is 2.37. The van der Waals surface area contributed by atoms with Crippen LogP contribution in [0.15, 0.2) is 36.4 Å². The number of rotatable bonds is 5. The summed E-state index contributed by atoms with van der Waals surface area (Å²) < 4.78 is 5.11. The fourth-order valence-electron chi connectivity index (χ4n) is 3.11. The molecule has 1 saturated heterocycles. The minimum Gasteiger partial charge on any atom is -0.455 e. The van der Waals surface area contributed by atoms with Crippen LogP contribution in [-0.4, -0.2) is 30.9 Å². The summed E-state index contributed by atoms with van der Waals surface area (Å²) in [7, 11) is 0. The molecule has 0 saturated carbocycles. The van der Waals surface area contributed by atoms with E-state index in [4.69, 9.17) is 27.9 Å².